The number of para-hydroxylation sites is 2. The quantitative estimate of drug-likeness (QED) is 0.0429. The Morgan fingerprint density at radius 3 is 1.57 bits per heavy atom. The first-order valence-corrected chi connectivity index (χ1v) is 18.0. The van der Waals surface area contributed by atoms with Crippen LogP contribution in [0.25, 0.3) is 0 Å². The fourth-order valence-corrected chi connectivity index (χ4v) is 5.57. The number of aliphatic imine (C=N–C) groups is 2. The van der Waals surface area contributed by atoms with Crippen molar-refractivity contribution in [3.05, 3.63) is 60.2 Å². The van der Waals surface area contributed by atoms with Crippen molar-refractivity contribution in [2.75, 3.05) is 0 Å². The van der Waals surface area contributed by atoms with Gasteiger partial charge in [-0.3, -0.25) is 9.98 Å². The third-order valence-electron chi connectivity index (χ3n) is 8.22. The minimum absolute atomic E-state index is 0. The molecule has 2 rings (SSSR count). The molecule has 0 amide bonds. The first-order chi connectivity index (χ1) is 21.3. The third-order valence-corrected chi connectivity index (χ3v) is 8.22. The van der Waals surface area contributed by atoms with Crippen molar-refractivity contribution < 1.29 is 20.4 Å². The van der Waals surface area contributed by atoms with E-state index in [9.17, 15) is 0 Å². The Morgan fingerprint density at radius 1 is 0.568 bits per heavy atom. The van der Waals surface area contributed by atoms with E-state index in [0.29, 0.717) is 0 Å². The Bertz CT molecular complexity index is 1050. The molecule has 0 N–H and O–H groups in total. The molecule has 2 aromatic carbocycles. The van der Waals surface area contributed by atoms with Crippen LogP contribution in [0.15, 0.2) is 64.6 Å². The zero-order valence-electron chi connectivity index (χ0n) is 28.2. The molecule has 2 aromatic rings. The Balaban J connectivity index is 0.00000968. The third kappa shape index (κ3) is 22.5. The van der Waals surface area contributed by atoms with E-state index in [-0.39, 0.29) is 20.4 Å². The fourth-order valence-electron chi connectivity index (χ4n) is 5.57. The monoisotopic (exact) mass is 688 g/mol. The van der Waals surface area contributed by atoms with E-state index >= 15 is 0 Å². The van der Waals surface area contributed by atoms with Crippen LogP contribution in [0.1, 0.15) is 161 Å². The Morgan fingerprint density at radius 2 is 1.02 bits per heavy atom. The zero-order valence-corrected chi connectivity index (χ0v) is 29.8. The van der Waals surface area contributed by atoms with Crippen LogP contribution in [0.2, 0.25) is 0 Å². The Hall–Kier alpha value is -2.00. The zero-order chi connectivity index (χ0) is 30.5. The largest absolute Gasteiger partial charge is 0.255 e. The number of benzene rings is 2. The summed E-state index contributed by atoms with van der Waals surface area (Å²) in [5.41, 5.74) is 4.19. The summed E-state index contributed by atoms with van der Waals surface area (Å²) in [4.78, 5) is 9.34. The van der Waals surface area contributed by atoms with E-state index in [1.165, 1.54) is 128 Å². The standard InChI is InChI=1S/C41H62N2.Pd/c1-3-4-5-6-7-8-9-10-11-12-13-14-15-16-17-18-19-20-21-22-23-24-25-27-32-39-33-30-31-36-41(39)43-38(2)37-42-40-34-28-26-29-35-40;/h26,28-31,33-37H,3-22,25,27,32H2,1-2H3;. The molecular formula is C41H62N2Pd. The van der Waals surface area contributed by atoms with Crippen molar-refractivity contribution in [3.63, 3.8) is 0 Å². The fraction of sp³-hybridized carbons (Fsp3) is 0.610. The van der Waals surface area contributed by atoms with Gasteiger partial charge in [-0.2, -0.15) is 0 Å². The van der Waals surface area contributed by atoms with Crippen molar-refractivity contribution in [1.82, 2.24) is 0 Å². The molecule has 0 saturated carbocycles. The van der Waals surface area contributed by atoms with Gasteiger partial charge in [-0.1, -0.05) is 159 Å². The molecular weight excluding hydrogens is 627 g/mol. The molecule has 0 spiro atoms. The Kier molecular flexibility index (Phi) is 27.0. The van der Waals surface area contributed by atoms with Gasteiger partial charge >= 0.3 is 0 Å². The number of nitrogens with zero attached hydrogens (tertiary/aromatic N) is 2. The van der Waals surface area contributed by atoms with Gasteiger partial charge in [0.25, 0.3) is 0 Å². The predicted octanol–water partition coefficient (Wildman–Crippen LogP) is 13.3. The van der Waals surface area contributed by atoms with Crippen LogP contribution in [-0.4, -0.2) is 11.9 Å². The van der Waals surface area contributed by atoms with E-state index in [1.807, 2.05) is 43.5 Å². The molecule has 0 bridgehead atoms. The second-order valence-corrected chi connectivity index (χ2v) is 12.3. The molecule has 0 aliphatic rings. The maximum atomic E-state index is 4.82. The second-order valence-electron chi connectivity index (χ2n) is 12.3. The molecule has 246 valence electrons. The van der Waals surface area contributed by atoms with Gasteiger partial charge in [0.15, 0.2) is 0 Å². The topological polar surface area (TPSA) is 24.7 Å². The van der Waals surface area contributed by atoms with Gasteiger partial charge in [-0.25, -0.2) is 0 Å². The van der Waals surface area contributed by atoms with Crippen LogP contribution < -0.4 is 0 Å². The number of hydrogen-bond donors (Lipinski definition) is 0. The molecule has 3 heteroatoms. The number of rotatable bonds is 25. The van der Waals surface area contributed by atoms with Crippen LogP contribution >= 0.6 is 0 Å². The van der Waals surface area contributed by atoms with Crippen LogP contribution in [-0.2, 0) is 26.8 Å². The summed E-state index contributed by atoms with van der Waals surface area (Å²) in [6.45, 7) is 4.31. The predicted molar refractivity (Wildman–Crippen MR) is 193 cm³/mol. The average Bonchev–Trinajstić information content (AvgIpc) is 3.03. The first kappa shape index (κ1) is 40.0. The van der Waals surface area contributed by atoms with Crippen LogP contribution in [0, 0.1) is 11.8 Å². The van der Waals surface area contributed by atoms with E-state index in [4.69, 9.17) is 4.99 Å². The van der Waals surface area contributed by atoms with Crippen molar-refractivity contribution in [2.24, 2.45) is 9.98 Å². The van der Waals surface area contributed by atoms with Crippen molar-refractivity contribution >= 4 is 23.3 Å². The van der Waals surface area contributed by atoms with Gasteiger partial charge in [0, 0.05) is 39.5 Å². The van der Waals surface area contributed by atoms with E-state index in [2.05, 4.69) is 48.0 Å². The van der Waals surface area contributed by atoms with Gasteiger partial charge in [-0.05, 0) is 49.9 Å². The van der Waals surface area contributed by atoms with Gasteiger partial charge < -0.3 is 0 Å². The summed E-state index contributed by atoms with van der Waals surface area (Å²) in [5.74, 6) is 6.82. The summed E-state index contributed by atoms with van der Waals surface area (Å²) in [6, 6.07) is 18.5. The summed E-state index contributed by atoms with van der Waals surface area (Å²) in [7, 11) is 0. The van der Waals surface area contributed by atoms with Crippen LogP contribution in [0.4, 0.5) is 11.4 Å². The molecule has 0 saturated heterocycles. The number of aryl methyl sites for hydroxylation is 1. The number of hydrogen-bond acceptors (Lipinski definition) is 2. The minimum Gasteiger partial charge on any atom is -0.255 e. The number of unbranched alkanes of at least 4 members (excludes halogenated alkanes) is 20. The van der Waals surface area contributed by atoms with Gasteiger partial charge in [0.05, 0.1) is 17.1 Å². The Labute approximate surface area is 286 Å². The average molecular weight is 689 g/mol. The maximum Gasteiger partial charge on any atom is 0.0665 e. The summed E-state index contributed by atoms with van der Waals surface area (Å²) in [5, 5.41) is 0. The van der Waals surface area contributed by atoms with Gasteiger partial charge in [-0.15, -0.1) is 11.8 Å². The molecule has 0 aliphatic heterocycles. The maximum absolute atomic E-state index is 4.82. The van der Waals surface area contributed by atoms with Gasteiger partial charge in [0.1, 0.15) is 0 Å². The normalized spacial score (nSPS) is 11.4. The summed E-state index contributed by atoms with van der Waals surface area (Å²) in [6.07, 6.45) is 33.1. The molecule has 0 aromatic heterocycles. The molecule has 0 heterocycles. The molecule has 0 fully saturated rings. The van der Waals surface area contributed by atoms with Crippen LogP contribution in [0.5, 0.6) is 0 Å². The van der Waals surface area contributed by atoms with Crippen molar-refractivity contribution in [3.8, 4) is 11.8 Å². The molecule has 2 nitrogen and oxygen atoms in total. The first-order valence-electron chi connectivity index (χ1n) is 18.0. The summed E-state index contributed by atoms with van der Waals surface area (Å²) < 4.78 is 0. The minimum atomic E-state index is 0. The SMILES string of the molecule is CCCCCCCCCCCCCCCCCCCCCC#CCCCc1ccccc1N=C(C)C=Nc1ccccc1.[Pd]. The molecule has 0 radical (unpaired) electrons. The molecule has 0 aliphatic carbocycles. The van der Waals surface area contributed by atoms with Crippen molar-refractivity contribution in [2.45, 2.75) is 162 Å². The molecule has 44 heavy (non-hydrogen) atoms. The molecule has 0 atom stereocenters. The second kappa shape index (κ2) is 29.7. The smallest absolute Gasteiger partial charge is 0.0665 e. The van der Waals surface area contributed by atoms with Crippen molar-refractivity contribution in [1.29, 1.82) is 0 Å². The van der Waals surface area contributed by atoms with Gasteiger partial charge in [0.2, 0.25) is 0 Å². The van der Waals surface area contributed by atoms with E-state index in [1.54, 1.807) is 0 Å². The van der Waals surface area contributed by atoms with Crippen LogP contribution in [0.3, 0.4) is 0 Å². The van der Waals surface area contributed by atoms with E-state index < -0.39 is 0 Å². The van der Waals surface area contributed by atoms with E-state index in [0.717, 1.165) is 42.8 Å². The summed E-state index contributed by atoms with van der Waals surface area (Å²) >= 11 is 0. The molecule has 0 unspecified atom stereocenters.